The topological polar surface area (TPSA) is 77.5 Å². The van der Waals surface area contributed by atoms with Crippen LogP contribution in [0.4, 0.5) is 5.69 Å². The summed E-state index contributed by atoms with van der Waals surface area (Å²) in [6.45, 7) is 4.45. The number of carbonyl (C=O) groups is 2. The molecule has 8 nitrogen and oxygen atoms in total. The van der Waals surface area contributed by atoms with Crippen LogP contribution >= 0.6 is 28.1 Å². The number of methoxy groups -OCH3 is 2. The number of amides is 1. The van der Waals surface area contributed by atoms with Gasteiger partial charge in [0.05, 0.1) is 37.6 Å². The van der Waals surface area contributed by atoms with Crippen LogP contribution in [0.15, 0.2) is 46.6 Å². The van der Waals surface area contributed by atoms with Crippen molar-refractivity contribution in [2.24, 2.45) is 0 Å². The highest BCUT2D eigenvalue weighted by Gasteiger charge is 2.40. The van der Waals surface area contributed by atoms with Crippen molar-refractivity contribution in [1.29, 1.82) is 0 Å². The number of esters is 1. The Kier molecular flexibility index (Phi) is 8.51. The molecule has 0 radical (unpaired) electrons. The van der Waals surface area contributed by atoms with Crippen LogP contribution in [-0.4, -0.2) is 55.9 Å². The van der Waals surface area contributed by atoms with Crippen LogP contribution in [0.5, 0.6) is 17.2 Å². The third-order valence-corrected chi connectivity index (χ3v) is 5.90. The molecule has 0 unspecified atom stereocenters. The van der Waals surface area contributed by atoms with E-state index in [9.17, 15) is 9.59 Å². The number of thiocarbonyl (C=S) groups is 1. The van der Waals surface area contributed by atoms with E-state index in [1.165, 1.54) is 16.9 Å². The van der Waals surface area contributed by atoms with Crippen molar-refractivity contribution in [3.05, 3.63) is 52.1 Å². The molecule has 10 heteroatoms. The van der Waals surface area contributed by atoms with Crippen molar-refractivity contribution in [1.82, 2.24) is 4.90 Å². The number of benzene rings is 2. The zero-order valence-electron chi connectivity index (χ0n) is 19.3. The molecule has 1 saturated heterocycles. The molecule has 34 heavy (non-hydrogen) atoms. The Labute approximate surface area is 212 Å². The van der Waals surface area contributed by atoms with Crippen LogP contribution in [0.1, 0.15) is 19.4 Å². The van der Waals surface area contributed by atoms with Gasteiger partial charge in [0.15, 0.2) is 16.6 Å². The average Bonchev–Trinajstić information content (AvgIpc) is 3.05. The van der Waals surface area contributed by atoms with Gasteiger partial charge in [-0.15, -0.1) is 0 Å². The van der Waals surface area contributed by atoms with E-state index in [0.717, 1.165) is 0 Å². The van der Waals surface area contributed by atoms with Crippen molar-refractivity contribution in [2.45, 2.75) is 13.8 Å². The van der Waals surface area contributed by atoms with Gasteiger partial charge in [-0.2, -0.15) is 0 Å². The van der Waals surface area contributed by atoms with Gasteiger partial charge in [-0.25, -0.2) is 0 Å². The molecule has 2 aromatic carbocycles. The Morgan fingerprint density at radius 1 is 1.09 bits per heavy atom. The number of nitrogens with zero attached hydrogens (tertiary/aromatic N) is 2. The second kappa shape index (κ2) is 11.3. The summed E-state index contributed by atoms with van der Waals surface area (Å²) in [6, 6.07) is 10.5. The summed E-state index contributed by atoms with van der Waals surface area (Å²) in [5.41, 5.74) is 1.44. The molecule has 1 aliphatic heterocycles. The first kappa shape index (κ1) is 25.5. The van der Waals surface area contributed by atoms with Gasteiger partial charge in [0.25, 0.3) is 5.91 Å². The highest BCUT2D eigenvalue weighted by molar-refractivity contribution is 9.10. The van der Waals surface area contributed by atoms with Gasteiger partial charge in [0, 0.05) is 0 Å². The number of hydrogen-bond acceptors (Lipinski definition) is 7. The maximum Gasteiger partial charge on any atom is 0.325 e. The number of carbonyl (C=O) groups excluding carboxylic acids is 2. The fourth-order valence-corrected chi connectivity index (χ4v) is 4.29. The molecular weight excluding hydrogens is 524 g/mol. The maximum atomic E-state index is 13.5. The van der Waals surface area contributed by atoms with Crippen molar-refractivity contribution in [3.8, 4) is 17.2 Å². The number of rotatable bonds is 9. The minimum Gasteiger partial charge on any atom is -0.497 e. The lowest BCUT2D eigenvalue weighted by molar-refractivity contribution is -0.140. The van der Waals surface area contributed by atoms with Gasteiger partial charge in [-0.05, 0) is 90.0 Å². The van der Waals surface area contributed by atoms with Gasteiger partial charge < -0.3 is 23.8 Å². The largest absolute Gasteiger partial charge is 0.497 e. The highest BCUT2D eigenvalue weighted by atomic mass is 79.9. The lowest BCUT2D eigenvalue weighted by atomic mass is 10.1. The van der Waals surface area contributed by atoms with E-state index in [2.05, 4.69) is 15.9 Å². The summed E-state index contributed by atoms with van der Waals surface area (Å²) in [5.74, 6) is 0.852. The Morgan fingerprint density at radius 2 is 1.76 bits per heavy atom. The summed E-state index contributed by atoms with van der Waals surface area (Å²) >= 11 is 9.11. The normalized spacial score (nSPS) is 14.6. The Morgan fingerprint density at radius 3 is 2.35 bits per heavy atom. The van der Waals surface area contributed by atoms with Crippen molar-refractivity contribution >= 4 is 56.9 Å². The van der Waals surface area contributed by atoms with Crippen LogP contribution in [0.2, 0.25) is 0 Å². The lowest BCUT2D eigenvalue weighted by Crippen LogP contribution is -2.35. The summed E-state index contributed by atoms with van der Waals surface area (Å²) in [7, 11) is 2.84. The van der Waals surface area contributed by atoms with Crippen LogP contribution in [0.3, 0.4) is 0 Å². The number of hydrogen-bond donors (Lipinski definition) is 0. The third-order valence-electron chi connectivity index (χ3n) is 4.90. The van der Waals surface area contributed by atoms with Crippen molar-refractivity contribution < 1.29 is 28.5 Å². The van der Waals surface area contributed by atoms with E-state index in [4.69, 9.17) is 31.2 Å². The van der Waals surface area contributed by atoms with Gasteiger partial charge in [0.2, 0.25) is 0 Å². The summed E-state index contributed by atoms with van der Waals surface area (Å²) in [5, 5.41) is 0.168. The average molecular weight is 549 g/mol. The SMILES string of the molecule is CCOc1cc(/C=C2/C(=O)N(c3ccc(OC)cc3)C(=S)N2CC(=O)OC)cc(Br)c1OCC. The Bertz CT molecular complexity index is 1120. The smallest absolute Gasteiger partial charge is 0.325 e. The number of halogens is 1. The molecule has 1 aliphatic rings. The second-order valence-corrected chi connectivity index (χ2v) is 8.23. The van der Waals surface area contributed by atoms with E-state index in [1.807, 2.05) is 19.9 Å². The second-order valence-electron chi connectivity index (χ2n) is 7.01. The first-order valence-corrected chi connectivity index (χ1v) is 11.7. The van der Waals surface area contributed by atoms with Gasteiger partial charge in [0.1, 0.15) is 18.0 Å². The van der Waals surface area contributed by atoms with Crippen molar-refractivity contribution in [2.75, 3.05) is 38.9 Å². The first-order valence-electron chi connectivity index (χ1n) is 10.5. The molecule has 1 amide bonds. The van der Waals surface area contributed by atoms with E-state index >= 15 is 0 Å². The third kappa shape index (κ3) is 5.34. The van der Waals surface area contributed by atoms with Crippen LogP contribution in [0.25, 0.3) is 6.08 Å². The monoisotopic (exact) mass is 548 g/mol. The standard InChI is InChI=1S/C24H25BrN2O6S/c1-5-32-20-13-15(11-18(25)22(20)33-6-2)12-19-23(29)27(16-7-9-17(30-3)10-8-16)24(34)26(19)14-21(28)31-4/h7-13H,5-6,14H2,1-4H3/b19-12-. The van der Waals surface area contributed by atoms with E-state index in [0.29, 0.717) is 46.2 Å². The van der Waals surface area contributed by atoms with Gasteiger partial charge >= 0.3 is 5.97 Å². The molecule has 1 fully saturated rings. The molecule has 0 aliphatic carbocycles. The van der Waals surface area contributed by atoms with Gasteiger partial charge in [-0.1, -0.05) is 0 Å². The van der Waals surface area contributed by atoms with E-state index in [1.54, 1.807) is 43.5 Å². The quantitative estimate of drug-likeness (QED) is 0.259. The highest BCUT2D eigenvalue weighted by Crippen LogP contribution is 2.38. The lowest BCUT2D eigenvalue weighted by Gasteiger charge is -2.19. The fraction of sp³-hybridized carbons (Fsp3) is 0.292. The predicted octanol–water partition coefficient (Wildman–Crippen LogP) is 4.40. The molecule has 0 saturated carbocycles. The number of ether oxygens (including phenoxy) is 4. The van der Waals surface area contributed by atoms with Crippen LogP contribution in [0, 0.1) is 0 Å². The summed E-state index contributed by atoms with van der Waals surface area (Å²) < 4.78 is 22.1. The number of anilines is 1. The molecule has 0 aromatic heterocycles. The Balaban J connectivity index is 2.08. The molecular formula is C24H25BrN2O6S. The molecule has 180 valence electrons. The molecule has 0 N–H and O–H groups in total. The molecule has 1 heterocycles. The molecule has 0 spiro atoms. The van der Waals surface area contributed by atoms with Crippen molar-refractivity contribution in [3.63, 3.8) is 0 Å². The fourth-order valence-electron chi connectivity index (χ4n) is 3.36. The van der Waals surface area contributed by atoms with E-state index in [-0.39, 0.29) is 23.3 Å². The van der Waals surface area contributed by atoms with E-state index < -0.39 is 5.97 Å². The predicted molar refractivity (Wildman–Crippen MR) is 136 cm³/mol. The first-order chi connectivity index (χ1) is 16.3. The molecule has 0 bridgehead atoms. The minimum atomic E-state index is -0.527. The zero-order valence-corrected chi connectivity index (χ0v) is 21.7. The maximum absolute atomic E-state index is 13.5. The van der Waals surface area contributed by atoms with Crippen LogP contribution < -0.4 is 19.1 Å². The Hall–Kier alpha value is -3.11. The molecule has 2 aromatic rings. The zero-order chi connectivity index (χ0) is 24.8. The summed E-state index contributed by atoms with van der Waals surface area (Å²) in [6.07, 6.45) is 1.66. The molecule has 3 rings (SSSR count). The van der Waals surface area contributed by atoms with Crippen LogP contribution in [-0.2, 0) is 14.3 Å². The summed E-state index contributed by atoms with van der Waals surface area (Å²) in [4.78, 5) is 28.4. The minimum absolute atomic E-state index is 0.168. The van der Waals surface area contributed by atoms with Gasteiger partial charge in [-0.3, -0.25) is 14.5 Å². The molecule has 0 atom stereocenters.